The predicted octanol–water partition coefficient (Wildman–Crippen LogP) is 1.60. The molecule has 0 unspecified atom stereocenters. The molecule has 0 bridgehead atoms. The Bertz CT molecular complexity index is 216. The van der Waals surface area contributed by atoms with Crippen LogP contribution in [0.5, 0.6) is 5.88 Å². The van der Waals surface area contributed by atoms with Crippen LogP contribution in [0.4, 0.5) is 0 Å². The third-order valence-electron chi connectivity index (χ3n) is 2.10. The van der Waals surface area contributed by atoms with Crippen molar-refractivity contribution in [2.45, 2.75) is 25.7 Å². The van der Waals surface area contributed by atoms with Crippen molar-refractivity contribution >= 4 is 0 Å². The molecule has 2 nitrogen and oxygen atoms in total. The molecule has 2 N–H and O–H groups in total. The van der Waals surface area contributed by atoms with E-state index in [9.17, 15) is 0 Å². The zero-order valence-electron chi connectivity index (χ0n) is 5.85. The molecule has 0 aliphatic heterocycles. The predicted molar refractivity (Wildman–Crippen MR) is 39.1 cm³/mol. The Balaban J connectivity index is 2.41. The number of fused-ring (bicyclic) bond motifs is 1. The van der Waals surface area contributed by atoms with Crippen LogP contribution >= 0.6 is 0 Å². The lowest BCUT2D eigenvalue weighted by atomic mass is 9.98. The largest absolute Gasteiger partial charge is 0.495 e. The maximum Gasteiger partial charge on any atom is 0.188 e. The van der Waals surface area contributed by atoms with Crippen LogP contribution < -0.4 is 0 Å². The molecule has 0 saturated carbocycles. The summed E-state index contributed by atoms with van der Waals surface area (Å²) in [6, 6.07) is 1.84. The molecule has 1 aromatic rings. The lowest BCUT2D eigenvalue weighted by Gasteiger charge is -2.08. The molecular weight excluding hydrogens is 126 g/mol. The highest BCUT2D eigenvalue weighted by Gasteiger charge is 2.11. The number of aromatic nitrogens is 1. The van der Waals surface area contributed by atoms with Crippen molar-refractivity contribution in [2.75, 3.05) is 0 Å². The number of H-pyrrole nitrogens is 1. The van der Waals surface area contributed by atoms with Gasteiger partial charge in [-0.1, -0.05) is 0 Å². The van der Waals surface area contributed by atoms with Gasteiger partial charge in [-0.05, 0) is 31.2 Å². The van der Waals surface area contributed by atoms with Crippen LogP contribution in [0.15, 0.2) is 6.07 Å². The standard InChI is InChI=1S/C8H11NO/c10-8-5-6-3-1-2-4-7(6)9-8/h5,9-10H,1-4H2. The highest BCUT2D eigenvalue weighted by atomic mass is 16.3. The van der Waals surface area contributed by atoms with Crippen LogP contribution in [0, 0.1) is 0 Å². The Morgan fingerprint density at radius 1 is 1.30 bits per heavy atom. The number of hydrogen-bond donors (Lipinski definition) is 2. The minimum Gasteiger partial charge on any atom is -0.495 e. The zero-order valence-corrected chi connectivity index (χ0v) is 5.85. The van der Waals surface area contributed by atoms with Gasteiger partial charge in [-0.25, -0.2) is 0 Å². The third-order valence-corrected chi connectivity index (χ3v) is 2.10. The fourth-order valence-corrected chi connectivity index (χ4v) is 1.59. The molecule has 0 atom stereocenters. The van der Waals surface area contributed by atoms with Gasteiger partial charge in [-0.15, -0.1) is 0 Å². The van der Waals surface area contributed by atoms with E-state index >= 15 is 0 Å². The zero-order chi connectivity index (χ0) is 6.97. The lowest BCUT2D eigenvalue weighted by molar-refractivity contribution is 0.455. The van der Waals surface area contributed by atoms with Crippen molar-refractivity contribution in [2.24, 2.45) is 0 Å². The van der Waals surface area contributed by atoms with Gasteiger partial charge in [0.05, 0.1) is 0 Å². The number of aromatic hydroxyl groups is 1. The molecule has 1 aromatic heterocycles. The molecule has 0 radical (unpaired) electrons. The van der Waals surface area contributed by atoms with E-state index in [4.69, 9.17) is 5.11 Å². The summed E-state index contributed by atoms with van der Waals surface area (Å²) < 4.78 is 0. The smallest absolute Gasteiger partial charge is 0.188 e. The fraction of sp³-hybridized carbons (Fsp3) is 0.500. The maximum atomic E-state index is 9.07. The van der Waals surface area contributed by atoms with Crippen molar-refractivity contribution in [1.82, 2.24) is 4.98 Å². The summed E-state index contributed by atoms with van der Waals surface area (Å²) in [4.78, 5) is 2.95. The van der Waals surface area contributed by atoms with Gasteiger partial charge < -0.3 is 10.1 Å². The van der Waals surface area contributed by atoms with Gasteiger partial charge in [0.15, 0.2) is 5.88 Å². The minimum atomic E-state index is 0.326. The fourth-order valence-electron chi connectivity index (χ4n) is 1.59. The summed E-state index contributed by atoms with van der Waals surface area (Å²) in [6.45, 7) is 0. The molecule has 54 valence electrons. The van der Waals surface area contributed by atoms with E-state index in [1.807, 2.05) is 6.07 Å². The first-order chi connectivity index (χ1) is 4.86. The Morgan fingerprint density at radius 2 is 2.10 bits per heavy atom. The van der Waals surface area contributed by atoms with Crippen molar-refractivity contribution < 1.29 is 5.11 Å². The summed E-state index contributed by atoms with van der Waals surface area (Å²) >= 11 is 0. The van der Waals surface area contributed by atoms with E-state index in [0.717, 1.165) is 12.8 Å². The van der Waals surface area contributed by atoms with E-state index < -0.39 is 0 Å². The van der Waals surface area contributed by atoms with Gasteiger partial charge >= 0.3 is 0 Å². The molecule has 0 fully saturated rings. The highest BCUT2D eigenvalue weighted by Crippen LogP contribution is 2.23. The molecular formula is C8H11NO. The van der Waals surface area contributed by atoms with Crippen LogP contribution in [0.25, 0.3) is 0 Å². The lowest BCUT2D eigenvalue weighted by Crippen LogP contribution is -1.99. The second kappa shape index (κ2) is 2.04. The Morgan fingerprint density at radius 3 is 2.90 bits per heavy atom. The molecule has 10 heavy (non-hydrogen) atoms. The maximum absolute atomic E-state index is 9.07. The van der Waals surface area contributed by atoms with Crippen LogP contribution in [0.3, 0.4) is 0 Å². The third kappa shape index (κ3) is 0.801. The number of rotatable bonds is 0. The average molecular weight is 137 g/mol. The number of aromatic amines is 1. The first-order valence-corrected chi connectivity index (χ1v) is 3.76. The summed E-state index contributed by atoms with van der Waals surface area (Å²) in [6.07, 6.45) is 4.76. The SMILES string of the molecule is Oc1cc2c([nH]1)CCCC2. The van der Waals surface area contributed by atoms with Gasteiger partial charge in [0.1, 0.15) is 0 Å². The van der Waals surface area contributed by atoms with Crippen molar-refractivity contribution in [3.63, 3.8) is 0 Å². The van der Waals surface area contributed by atoms with E-state index in [1.54, 1.807) is 0 Å². The normalized spacial score (nSPS) is 16.8. The van der Waals surface area contributed by atoms with Gasteiger partial charge in [-0.2, -0.15) is 0 Å². The summed E-state index contributed by atoms with van der Waals surface area (Å²) in [7, 11) is 0. The van der Waals surface area contributed by atoms with Gasteiger partial charge in [0.2, 0.25) is 0 Å². The molecule has 0 spiro atoms. The van der Waals surface area contributed by atoms with E-state index in [0.29, 0.717) is 5.88 Å². The first-order valence-electron chi connectivity index (χ1n) is 3.76. The average Bonchev–Trinajstić information content (AvgIpc) is 2.27. The Hall–Kier alpha value is -0.920. The van der Waals surface area contributed by atoms with Crippen molar-refractivity contribution in [3.05, 3.63) is 17.3 Å². The molecule has 1 heterocycles. The number of aryl methyl sites for hydroxylation is 2. The quantitative estimate of drug-likeness (QED) is 0.559. The minimum absolute atomic E-state index is 0.326. The topological polar surface area (TPSA) is 36.0 Å². The van der Waals surface area contributed by atoms with Gasteiger partial charge in [-0.3, -0.25) is 0 Å². The van der Waals surface area contributed by atoms with Crippen molar-refractivity contribution in [3.8, 4) is 5.88 Å². The van der Waals surface area contributed by atoms with Crippen LogP contribution in [-0.2, 0) is 12.8 Å². The molecule has 1 aliphatic rings. The first kappa shape index (κ1) is 5.83. The van der Waals surface area contributed by atoms with Gasteiger partial charge in [0.25, 0.3) is 0 Å². The van der Waals surface area contributed by atoms with Crippen LogP contribution in [0.1, 0.15) is 24.1 Å². The number of nitrogens with one attached hydrogen (secondary N) is 1. The Labute approximate surface area is 59.9 Å². The summed E-state index contributed by atoms with van der Waals surface area (Å²) in [5.41, 5.74) is 2.55. The molecule has 2 heteroatoms. The molecule has 0 aromatic carbocycles. The second-order valence-electron chi connectivity index (χ2n) is 2.87. The van der Waals surface area contributed by atoms with Crippen LogP contribution in [0.2, 0.25) is 0 Å². The molecule has 0 amide bonds. The molecule has 0 saturated heterocycles. The van der Waals surface area contributed by atoms with Gasteiger partial charge in [0, 0.05) is 11.8 Å². The van der Waals surface area contributed by atoms with Crippen LogP contribution in [-0.4, -0.2) is 10.1 Å². The molecule has 1 aliphatic carbocycles. The second-order valence-corrected chi connectivity index (χ2v) is 2.87. The van der Waals surface area contributed by atoms with Crippen molar-refractivity contribution in [1.29, 1.82) is 0 Å². The van der Waals surface area contributed by atoms with E-state index in [1.165, 1.54) is 24.1 Å². The van der Waals surface area contributed by atoms with E-state index in [-0.39, 0.29) is 0 Å². The number of hydrogen-bond acceptors (Lipinski definition) is 1. The Kier molecular flexibility index (Phi) is 1.19. The summed E-state index contributed by atoms with van der Waals surface area (Å²) in [5, 5.41) is 9.07. The highest BCUT2D eigenvalue weighted by molar-refractivity contribution is 5.30. The monoisotopic (exact) mass is 137 g/mol. The molecule has 2 rings (SSSR count). The summed E-state index contributed by atoms with van der Waals surface area (Å²) in [5.74, 6) is 0.326. The van der Waals surface area contributed by atoms with E-state index in [2.05, 4.69) is 4.98 Å².